The molecule has 0 saturated heterocycles. The van der Waals surface area contributed by atoms with E-state index in [1.54, 1.807) is 6.92 Å². The third-order valence-electron chi connectivity index (χ3n) is 2.15. The summed E-state index contributed by atoms with van der Waals surface area (Å²) in [6.07, 6.45) is 2.16. The second kappa shape index (κ2) is 6.40. The van der Waals surface area contributed by atoms with Crippen LogP contribution in [0.5, 0.6) is 0 Å². The van der Waals surface area contributed by atoms with Crippen LogP contribution in [0.15, 0.2) is 0 Å². The van der Waals surface area contributed by atoms with Gasteiger partial charge in [-0.1, -0.05) is 32.5 Å². The Morgan fingerprint density at radius 3 is 2.33 bits per heavy atom. The van der Waals surface area contributed by atoms with Crippen LogP contribution in [0, 0.1) is 0 Å². The second-order valence-corrected chi connectivity index (χ2v) is 6.02. The molecule has 0 saturated carbocycles. The Balaban J connectivity index is 4.59. The van der Waals surface area contributed by atoms with Gasteiger partial charge in [0, 0.05) is 6.04 Å². The van der Waals surface area contributed by atoms with Crippen molar-refractivity contribution in [3.05, 3.63) is 0 Å². The van der Waals surface area contributed by atoms with E-state index >= 15 is 0 Å². The largest absolute Gasteiger partial charge is 0.392 e. The molecule has 0 amide bonds. The van der Waals surface area contributed by atoms with Crippen LogP contribution in [0.1, 0.15) is 40.0 Å². The highest BCUT2D eigenvalue weighted by atomic mass is 32.2. The van der Waals surface area contributed by atoms with Crippen molar-refractivity contribution in [2.75, 3.05) is 0 Å². The van der Waals surface area contributed by atoms with Gasteiger partial charge in [0.05, 0.1) is 4.99 Å². The van der Waals surface area contributed by atoms with Gasteiger partial charge in [0.2, 0.25) is 10.0 Å². The van der Waals surface area contributed by atoms with E-state index in [9.17, 15) is 8.42 Å². The molecule has 2 atom stereocenters. The van der Waals surface area contributed by atoms with Gasteiger partial charge in [0.1, 0.15) is 5.25 Å². The van der Waals surface area contributed by atoms with Gasteiger partial charge in [0.25, 0.3) is 0 Å². The minimum Gasteiger partial charge on any atom is -0.392 e. The summed E-state index contributed by atoms with van der Waals surface area (Å²) in [6, 6.07) is -0.0663. The second-order valence-electron chi connectivity index (χ2n) is 3.65. The van der Waals surface area contributed by atoms with Gasteiger partial charge in [-0.15, -0.1) is 0 Å². The number of sulfonamides is 1. The zero-order chi connectivity index (χ0) is 12.1. The van der Waals surface area contributed by atoms with Crippen LogP contribution in [-0.4, -0.2) is 24.7 Å². The lowest BCUT2D eigenvalue weighted by Crippen LogP contribution is -2.44. The van der Waals surface area contributed by atoms with Gasteiger partial charge < -0.3 is 5.73 Å². The number of nitrogens with two attached hydrogens (primary N) is 1. The maximum Gasteiger partial charge on any atom is 0.221 e. The molecule has 0 heterocycles. The first kappa shape index (κ1) is 14.8. The standard InChI is InChI=1S/C9H20N2O2S2/c1-4-6-7(3)11-15(12,13)8(5-2)9(10)14/h7-8,11H,4-6H2,1-3H3,(H2,10,14). The Kier molecular flexibility index (Phi) is 6.31. The summed E-state index contributed by atoms with van der Waals surface area (Å²) in [5, 5.41) is -0.758. The van der Waals surface area contributed by atoms with Gasteiger partial charge >= 0.3 is 0 Å². The molecule has 0 fully saturated rings. The molecule has 0 aromatic carbocycles. The van der Waals surface area contributed by atoms with E-state index < -0.39 is 15.3 Å². The lowest BCUT2D eigenvalue weighted by atomic mass is 10.2. The quantitative estimate of drug-likeness (QED) is 0.667. The van der Waals surface area contributed by atoms with Crippen LogP contribution < -0.4 is 10.5 Å². The monoisotopic (exact) mass is 252 g/mol. The highest BCUT2D eigenvalue weighted by molar-refractivity contribution is 7.93. The Hall–Kier alpha value is -0.200. The molecule has 0 aromatic rings. The molecule has 0 aliphatic heterocycles. The first-order valence-corrected chi connectivity index (χ1v) is 7.11. The summed E-state index contributed by atoms with van der Waals surface area (Å²) in [4.78, 5) is 0.0358. The van der Waals surface area contributed by atoms with Crippen molar-refractivity contribution in [1.29, 1.82) is 0 Å². The third-order valence-corrected chi connectivity index (χ3v) is 4.65. The average molecular weight is 252 g/mol. The van der Waals surface area contributed by atoms with Crippen LogP contribution in [0.3, 0.4) is 0 Å². The van der Waals surface area contributed by atoms with Gasteiger partial charge in [-0.3, -0.25) is 0 Å². The molecule has 0 aromatic heterocycles. The van der Waals surface area contributed by atoms with E-state index in [1.165, 1.54) is 0 Å². The summed E-state index contributed by atoms with van der Waals surface area (Å²) < 4.78 is 26.2. The molecular formula is C9H20N2O2S2. The molecular weight excluding hydrogens is 232 g/mol. The molecule has 90 valence electrons. The fourth-order valence-corrected chi connectivity index (χ4v) is 3.56. The van der Waals surface area contributed by atoms with E-state index in [-0.39, 0.29) is 11.0 Å². The zero-order valence-corrected chi connectivity index (χ0v) is 11.1. The van der Waals surface area contributed by atoms with E-state index in [2.05, 4.69) is 4.72 Å². The van der Waals surface area contributed by atoms with Crippen molar-refractivity contribution < 1.29 is 8.42 Å². The van der Waals surface area contributed by atoms with Crippen LogP contribution in [0.4, 0.5) is 0 Å². The van der Waals surface area contributed by atoms with Crippen LogP contribution in [-0.2, 0) is 10.0 Å². The lowest BCUT2D eigenvalue weighted by Gasteiger charge is -2.19. The van der Waals surface area contributed by atoms with Crippen molar-refractivity contribution in [2.24, 2.45) is 5.73 Å². The normalized spacial score (nSPS) is 15.9. The fourth-order valence-electron chi connectivity index (χ4n) is 1.43. The average Bonchev–Trinajstić information content (AvgIpc) is 2.02. The van der Waals surface area contributed by atoms with Gasteiger partial charge in [-0.2, -0.15) is 0 Å². The fraction of sp³-hybridized carbons (Fsp3) is 0.889. The summed E-state index contributed by atoms with van der Waals surface area (Å²) in [5.74, 6) is 0. The molecule has 0 rings (SSSR count). The van der Waals surface area contributed by atoms with Gasteiger partial charge in [0.15, 0.2) is 0 Å². The SMILES string of the molecule is CCCC(C)NS(=O)(=O)C(CC)C(N)=S. The van der Waals surface area contributed by atoms with Crippen LogP contribution in [0.2, 0.25) is 0 Å². The van der Waals surface area contributed by atoms with E-state index in [1.807, 2.05) is 13.8 Å². The van der Waals surface area contributed by atoms with Crippen molar-refractivity contribution in [3.8, 4) is 0 Å². The highest BCUT2D eigenvalue weighted by Crippen LogP contribution is 2.07. The zero-order valence-electron chi connectivity index (χ0n) is 9.49. The van der Waals surface area contributed by atoms with Crippen molar-refractivity contribution in [3.63, 3.8) is 0 Å². The smallest absolute Gasteiger partial charge is 0.221 e. The molecule has 4 nitrogen and oxygen atoms in total. The number of hydrogen-bond donors (Lipinski definition) is 2. The van der Waals surface area contributed by atoms with Crippen LogP contribution in [0.25, 0.3) is 0 Å². The number of nitrogens with one attached hydrogen (secondary N) is 1. The molecule has 0 aliphatic rings. The minimum atomic E-state index is -3.41. The first-order valence-electron chi connectivity index (χ1n) is 5.15. The highest BCUT2D eigenvalue weighted by Gasteiger charge is 2.27. The molecule has 15 heavy (non-hydrogen) atoms. The molecule has 6 heteroatoms. The number of hydrogen-bond acceptors (Lipinski definition) is 3. The van der Waals surface area contributed by atoms with Crippen molar-refractivity contribution in [2.45, 2.75) is 51.3 Å². The van der Waals surface area contributed by atoms with Gasteiger partial charge in [-0.05, 0) is 19.8 Å². The summed E-state index contributed by atoms with van der Waals surface area (Å²) in [5.41, 5.74) is 5.40. The number of rotatable bonds is 7. The van der Waals surface area contributed by atoms with E-state index in [4.69, 9.17) is 18.0 Å². The molecule has 0 spiro atoms. The molecule has 2 unspecified atom stereocenters. The van der Waals surface area contributed by atoms with Crippen molar-refractivity contribution >= 4 is 27.2 Å². The molecule has 0 bridgehead atoms. The first-order chi connectivity index (χ1) is 6.85. The lowest BCUT2D eigenvalue weighted by molar-refractivity contribution is 0.538. The Bertz CT molecular complexity index is 301. The summed E-state index contributed by atoms with van der Waals surface area (Å²) in [6.45, 7) is 5.61. The Morgan fingerprint density at radius 2 is 2.00 bits per heavy atom. The topological polar surface area (TPSA) is 72.2 Å². The Labute approximate surface area is 97.7 Å². The van der Waals surface area contributed by atoms with E-state index in [0.717, 1.165) is 12.8 Å². The predicted molar refractivity (Wildman–Crippen MR) is 67.3 cm³/mol. The molecule has 0 aliphatic carbocycles. The summed E-state index contributed by atoms with van der Waals surface area (Å²) >= 11 is 4.74. The van der Waals surface area contributed by atoms with E-state index in [0.29, 0.717) is 6.42 Å². The van der Waals surface area contributed by atoms with Crippen molar-refractivity contribution in [1.82, 2.24) is 4.72 Å². The number of thiocarbonyl (C=S) groups is 1. The maximum atomic E-state index is 11.8. The van der Waals surface area contributed by atoms with Crippen LogP contribution >= 0.6 is 12.2 Å². The maximum absolute atomic E-state index is 11.8. The minimum absolute atomic E-state index is 0.0358. The predicted octanol–water partition coefficient (Wildman–Crippen LogP) is 1.16. The van der Waals surface area contributed by atoms with Gasteiger partial charge in [-0.25, -0.2) is 13.1 Å². The molecule has 3 N–H and O–H groups in total. The Morgan fingerprint density at radius 1 is 1.47 bits per heavy atom. The third kappa shape index (κ3) is 4.90. The summed E-state index contributed by atoms with van der Waals surface area (Å²) in [7, 11) is -3.41. The molecule has 0 radical (unpaired) electrons.